The molecular formula is C20H21Cl2N3O4S. The lowest BCUT2D eigenvalue weighted by Crippen LogP contribution is -2.36. The standard InChI is InChI=1S/C20H21Cl2N3O4S/c1-2-30(27,28)25-17-9-11(7-8-23-17)18-15-5-6-16(29-15)19(18)20(26)24-12-3-4-13(21)14(22)10-12/h3-4,7-10,15-16,18-19H,2,5-6H2,1H3,(H,23,25)(H,24,26). The van der Waals surface area contributed by atoms with E-state index in [2.05, 4.69) is 15.0 Å². The lowest BCUT2D eigenvalue weighted by Gasteiger charge is -2.27. The van der Waals surface area contributed by atoms with Crippen molar-refractivity contribution < 1.29 is 17.9 Å². The number of fused-ring (bicyclic) bond motifs is 2. The van der Waals surface area contributed by atoms with Gasteiger partial charge in [0.15, 0.2) is 0 Å². The summed E-state index contributed by atoms with van der Waals surface area (Å²) in [6.45, 7) is 1.55. The Morgan fingerprint density at radius 1 is 1.17 bits per heavy atom. The van der Waals surface area contributed by atoms with Crippen molar-refractivity contribution in [1.29, 1.82) is 0 Å². The van der Waals surface area contributed by atoms with Crippen LogP contribution in [-0.4, -0.2) is 37.3 Å². The molecule has 0 saturated carbocycles. The Morgan fingerprint density at radius 3 is 2.67 bits per heavy atom. The van der Waals surface area contributed by atoms with Gasteiger partial charge in [0.05, 0.1) is 33.9 Å². The van der Waals surface area contributed by atoms with Crippen molar-refractivity contribution in [2.75, 3.05) is 15.8 Å². The van der Waals surface area contributed by atoms with E-state index in [1.54, 1.807) is 43.5 Å². The number of hydrogen-bond donors (Lipinski definition) is 2. The number of amides is 1. The molecule has 2 aliphatic heterocycles. The van der Waals surface area contributed by atoms with Crippen LogP contribution in [0.1, 0.15) is 31.2 Å². The highest BCUT2D eigenvalue weighted by molar-refractivity contribution is 7.92. The zero-order chi connectivity index (χ0) is 21.5. The molecule has 2 aliphatic rings. The fraction of sp³-hybridized carbons (Fsp3) is 0.400. The van der Waals surface area contributed by atoms with Crippen LogP contribution in [0, 0.1) is 5.92 Å². The van der Waals surface area contributed by atoms with Crippen LogP contribution >= 0.6 is 23.2 Å². The van der Waals surface area contributed by atoms with Crippen molar-refractivity contribution in [3.63, 3.8) is 0 Å². The lowest BCUT2D eigenvalue weighted by molar-refractivity contribution is -0.121. The average molecular weight is 470 g/mol. The van der Waals surface area contributed by atoms with Crippen LogP contribution < -0.4 is 10.0 Å². The number of nitrogens with zero attached hydrogens (tertiary/aromatic N) is 1. The minimum Gasteiger partial charge on any atom is -0.373 e. The molecule has 4 atom stereocenters. The molecule has 2 N–H and O–H groups in total. The van der Waals surface area contributed by atoms with Crippen molar-refractivity contribution in [1.82, 2.24) is 4.98 Å². The van der Waals surface area contributed by atoms with Gasteiger partial charge in [0.25, 0.3) is 0 Å². The highest BCUT2D eigenvalue weighted by atomic mass is 35.5. The van der Waals surface area contributed by atoms with Crippen molar-refractivity contribution in [2.45, 2.75) is 37.9 Å². The van der Waals surface area contributed by atoms with Crippen LogP contribution in [0.3, 0.4) is 0 Å². The minimum absolute atomic E-state index is 0.0508. The Labute approximate surface area is 185 Å². The van der Waals surface area contributed by atoms with Crippen LogP contribution in [0.2, 0.25) is 10.0 Å². The number of rotatable bonds is 6. The van der Waals surface area contributed by atoms with Crippen molar-refractivity contribution in [3.05, 3.63) is 52.1 Å². The van der Waals surface area contributed by atoms with E-state index in [1.165, 1.54) is 0 Å². The largest absolute Gasteiger partial charge is 0.373 e. The van der Waals surface area contributed by atoms with Gasteiger partial charge in [-0.15, -0.1) is 0 Å². The van der Waals surface area contributed by atoms with Gasteiger partial charge in [0.2, 0.25) is 15.9 Å². The molecule has 0 spiro atoms. The third-order valence-corrected chi connectivity index (χ3v) is 7.59. The molecule has 4 rings (SSSR count). The normalized spacial score (nSPS) is 25.3. The van der Waals surface area contributed by atoms with Gasteiger partial charge in [-0.3, -0.25) is 9.52 Å². The Hall–Kier alpha value is -1.87. The van der Waals surface area contributed by atoms with Crippen LogP contribution in [0.4, 0.5) is 11.5 Å². The first-order chi connectivity index (χ1) is 14.3. The van der Waals surface area contributed by atoms with Gasteiger partial charge in [0, 0.05) is 17.8 Å². The predicted octanol–water partition coefficient (Wildman–Crippen LogP) is 4.05. The van der Waals surface area contributed by atoms with Crippen LogP contribution in [0.25, 0.3) is 0 Å². The van der Waals surface area contributed by atoms with E-state index in [1.807, 2.05) is 0 Å². The van der Waals surface area contributed by atoms with Gasteiger partial charge in [-0.05, 0) is 55.7 Å². The first-order valence-electron chi connectivity index (χ1n) is 9.65. The number of nitrogens with one attached hydrogen (secondary N) is 2. The molecule has 1 amide bonds. The molecule has 4 unspecified atom stereocenters. The average Bonchev–Trinajstić information content (AvgIpc) is 3.32. The number of pyridine rings is 1. The SMILES string of the molecule is CCS(=O)(=O)Nc1cc(C2C3CCC(O3)C2C(=O)Nc2ccc(Cl)c(Cl)c2)ccn1. The summed E-state index contributed by atoms with van der Waals surface area (Å²) in [6, 6.07) is 8.41. The number of halogens is 2. The molecule has 2 fully saturated rings. The minimum atomic E-state index is -3.45. The summed E-state index contributed by atoms with van der Waals surface area (Å²) in [6.07, 6.45) is 2.91. The second kappa shape index (κ2) is 8.34. The highest BCUT2D eigenvalue weighted by Gasteiger charge is 2.52. The molecule has 3 heterocycles. The molecule has 10 heteroatoms. The summed E-state index contributed by atoms with van der Waals surface area (Å²) < 4.78 is 32.3. The van der Waals surface area contributed by atoms with Crippen LogP contribution in [0.5, 0.6) is 0 Å². The van der Waals surface area contributed by atoms with Crippen LogP contribution in [-0.2, 0) is 19.6 Å². The molecule has 1 aromatic carbocycles. The quantitative estimate of drug-likeness (QED) is 0.664. The number of sulfonamides is 1. The van der Waals surface area contributed by atoms with Gasteiger partial charge in [-0.25, -0.2) is 13.4 Å². The monoisotopic (exact) mass is 469 g/mol. The van der Waals surface area contributed by atoms with Crippen molar-refractivity contribution >= 4 is 50.6 Å². The van der Waals surface area contributed by atoms with Gasteiger partial charge in [-0.2, -0.15) is 0 Å². The van der Waals surface area contributed by atoms with E-state index in [0.29, 0.717) is 15.7 Å². The molecule has 2 saturated heterocycles. The van der Waals surface area contributed by atoms with E-state index in [9.17, 15) is 13.2 Å². The maximum absolute atomic E-state index is 13.2. The molecule has 30 heavy (non-hydrogen) atoms. The number of aromatic nitrogens is 1. The molecule has 1 aromatic heterocycles. The maximum Gasteiger partial charge on any atom is 0.233 e. The summed E-state index contributed by atoms with van der Waals surface area (Å²) in [5.41, 5.74) is 1.38. The molecular weight excluding hydrogens is 449 g/mol. The number of carbonyl (C=O) groups excluding carboxylic acids is 1. The van der Waals surface area contributed by atoms with Crippen molar-refractivity contribution in [3.8, 4) is 0 Å². The Kier molecular flexibility index (Phi) is 5.94. The Bertz CT molecular complexity index is 1080. The number of carbonyl (C=O) groups is 1. The topological polar surface area (TPSA) is 97.4 Å². The van der Waals surface area contributed by atoms with Crippen molar-refractivity contribution in [2.24, 2.45) is 5.92 Å². The predicted molar refractivity (Wildman–Crippen MR) is 117 cm³/mol. The maximum atomic E-state index is 13.2. The van der Waals surface area contributed by atoms with E-state index in [4.69, 9.17) is 27.9 Å². The summed E-state index contributed by atoms with van der Waals surface area (Å²) in [5.74, 6) is -0.584. The molecule has 0 aliphatic carbocycles. The first kappa shape index (κ1) is 21.4. The Balaban J connectivity index is 1.59. The lowest BCUT2D eigenvalue weighted by atomic mass is 9.75. The summed E-state index contributed by atoms with van der Waals surface area (Å²) in [4.78, 5) is 17.3. The number of ether oxygens (including phenoxy) is 1. The molecule has 2 bridgehead atoms. The number of benzene rings is 1. The van der Waals surface area contributed by atoms with E-state index in [-0.39, 0.29) is 35.6 Å². The summed E-state index contributed by atoms with van der Waals surface area (Å²) >= 11 is 12.0. The molecule has 0 radical (unpaired) electrons. The number of anilines is 2. The Morgan fingerprint density at radius 2 is 1.93 bits per heavy atom. The molecule has 160 valence electrons. The van der Waals surface area contributed by atoms with E-state index in [0.717, 1.165) is 18.4 Å². The van der Waals surface area contributed by atoms with Gasteiger partial charge in [0.1, 0.15) is 5.82 Å². The molecule has 2 aromatic rings. The first-order valence-corrected chi connectivity index (χ1v) is 12.1. The zero-order valence-corrected chi connectivity index (χ0v) is 18.5. The second-order valence-electron chi connectivity index (χ2n) is 7.44. The zero-order valence-electron chi connectivity index (χ0n) is 16.1. The highest BCUT2D eigenvalue weighted by Crippen LogP contribution is 2.49. The summed E-state index contributed by atoms with van der Waals surface area (Å²) in [7, 11) is -3.45. The third-order valence-electron chi connectivity index (χ3n) is 5.57. The van der Waals surface area contributed by atoms with Gasteiger partial charge in [-0.1, -0.05) is 23.2 Å². The summed E-state index contributed by atoms with van der Waals surface area (Å²) in [5, 5.41) is 3.68. The fourth-order valence-electron chi connectivity index (χ4n) is 4.17. The second-order valence-corrected chi connectivity index (χ2v) is 10.3. The van der Waals surface area contributed by atoms with E-state index < -0.39 is 15.9 Å². The smallest absolute Gasteiger partial charge is 0.233 e. The fourth-order valence-corrected chi connectivity index (χ4v) is 5.05. The van der Waals surface area contributed by atoms with Gasteiger partial charge < -0.3 is 10.1 Å². The third kappa shape index (κ3) is 4.27. The molecule has 7 nitrogen and oxygen atoms in total. The van der Waals surface area contributed by atoms with Crippen LogP contribution in [0.15, 0.2) is 36.5 Å². The number of hydrogen-bond acceptors (Lipinski definition) is 5. The van der Waals surface area contributed by atoms with Gasteiger partial charge >= 0.3 is 0 Å². The van der Waals surface area contributed by atoms with E-state index >= 15 is 0 Å².